The molecule has 5 heterocycles. The van der Waals surface area contributed by atoms with Crippen LogP contribution in [-0.4, -0.2) is 50.7 Å². The second kappa shape index (κ2) is 8.51. The van der Waals surface area contributed by atoms with Gasteiger partial charge in [-0.1, -0.05) is 24.3 Å². The lowest BCUT2D eigenvalue weighted by Gasteiger charge is -2.35. The molecule has 5 aromatic rings. The van der Waals surface area contributed by atoms with Gasteiger partial charge in [-0.05, 0) is 35.7 Å². The zero-order valence-corrected chi connectivity index (χ0v) is 18.7. The van der Waals surface area contributed by atoms with Crippen LogP contribution >= 0.6 is 11.3 Å². The first-order chi connectivity index (χ1) is 16.3. The molecule has 4 aromatic heterocycles. The number of aromatic nitrogens is 5. The highest BCUT2D eigenvalue weighted by atomic mass is 32.1. The van der Waals surface area contributed by atoms with Crippen LogP contribution in [0.1, 0.15) is 0 Å². The number of piperazine rings is 1. The Morgan fingerprint density at radius 2 is 1.64 bits per heavy atom. The molecule has 1 aliphatic rings. The Labute approximate surface area is 195 Å². The Kier molecular flexibility index (Phi) is 5.08. The number of para-hydroxylation sites is 1. The molecule has 0 aliphatic carbocycles. The van der Waals surface area contributed by atoms with E-state index in [-0.39, 0.29) is 0 Å². The van der Waals surface area contributed by atoms with Crippen LogP contribution in [0, 0.1) is 0 Å². The molecule has 0 bridgehead atoms. The summed E-state index contributed by atoms with van der Waals surface area (Å²) < 4.78 is 2.03. The van der Waals surface area contributed by atoms with Crippen LogP contribution < -0.4 is 15.1 Å². The molecule has 0 saturated carbocycles. The SMILES string of the molecule is c1ccc(Nc2nc(N3CCN(c4ccccn4)CC3)nc3c2ncn3-c2ccsc2)cc1. The van der Waals surface area contributed by atoms with E-state index in [0.717, 1.165) is 54.5 Å². The Hall–Kier alpha value is -3.98. The molecule has 1 aromatic carbocycles. The predicted molar refractivity (Wildman–Crippen MR) is 133 cm³/mol. The van der Waals surface area contributed by atoms with E-state index in [0.29, 0.717) is 11.8 Å². The van der Waals surface area contributed by atoms with Gasteiger partial charge < -0.3 is 15.1 Å². The largest absolute Gasteiger partial charge is 0.353 e. The number of imidazole rings is 1. The fourth-order valence-electron chi connectivity index (χ4n) is 4.03. The molecule has 1 N–H and O–H groups in total. The van der Waals surface area contributed by atoms with Crippen LogP contribution in [0.5, 0.6) is 0 Å². The molecule has 0 atom stereocenters. The first kappa shape index (κ1) is 19.7. The minimum Gasteiger partial charge on any atom is -0.353 e. The molecule has 9 heteroatoms. The van der Waals surface area contributed by atoms with E-state index >= 15 is 0 Å². The molecular weight excluding hydrogens is 432 g/mol. The number of fused-ring (bicyclic) bond motifs is 1. The van der Waals surface area contributed by atoms with Gasteiger partial charge in [0.25, 0.3) is 0 Å². The van der Waals surface area contributed by atoms with Gasteiger partial charge in [-0.2, -0.15) is 21.3 Å². The van der Waals surface area contributed by atoms with Crippen molar-refractivity contribution in [3.63, 3.8) is 0 Å². The second-order valence-electron chi connectivity index (χ2n) is 7.79. The lowest BCUT2D eigenvalue weighted by molar-refractivity contribution is 0.635. The third-order valence-electron chi connectivity index (χ3n) is 5.74. The van der Waals surface area contributed by atoms with Crippen molar-refractivity contribution in [2.24, 2.45) is 0 Å². The number of rotatable bonds is 5. The van der Waals surface area contributed by atoms with E-state index in [2.05, 4.69) is 48.0 Å². The molecule has 33 heavy (non-hydrogen) atoms. The number of hydrogen-bond donors (Lipinski definition) is 1. The van der Waals surface area contributed by atoms with Crippen molar-refractivity contribution in [2.75, 3.05) is 41.3 Å². The van der Waals surface area contributed by atoms with E-state index in [1.54, 1.807) is 11.3 Å². The highest BCUT2D eigenvalue weighted by Gasteiger charge is 2.23. The molecule has 6 rings (SSSR count). The first-order valence-electron chi connectivity index (χ1n) is 10.9. The van der Waals surface area contributed by atoms with Gasteiger partial charge in [-0.15, -0.1) is 0 Å². The van der Waals surface area contributed by atoms with Crippen molar-refractivity contribution < 1.29 is 0 Å². The van der Waals surface area contributed by atoms with Gasteiger partial charge in [-0.25, -0.2) is 9.97 Å². The van der Waals surface area contributed by atoms with Gasteiger partial charge >= 0.3 is 0 Å². The summed E-state index contributed by atoms with van der Waals surface area (Å²) in [6, 6.07) is 18.1. The maximum atomic E-state index is 4.96. The summed E-state index contributed by atoms with van der Waals surface area (Å²) in [4.78, 5) is 23.5. The summed E-state index contributed by atoms with van der Waals surface area (Å²) in [6.07, 6.45) is 3.66. The van der Waals surface area contributed by atoms with Gasteiger partial charge in [0.1, 0.15) is 12.1 Å². The second-order valence-corrected chi connectivity index (χ2v) is 8.57. The topological polar surface area (TPSA) is 75.0 Å². The van der Waals surface area contributed by atoms with E-state index in [1.165, 1.54) is 0 Å². The van der Waals surface area contributed by atoms with Crippen molar-refractivity contribution in [3.05, 3.63) is 77.9 Å². The van der Waals surface area contributed by atoms with Gasteiger partial charge in [0.2, 0.25) is 5.95 Å². The first-order valence-corrected chi connectivity index (χ1v) is 11.8. The number of hydrogen-bond acceptors (Lipinski definition) is 8. The highest BCUT2D eigenvalue weighted by molar-refractivity contribution is 7.08. The molecule has 8 nitrogen and oxygen atoms in total. The zero-order valence-electron chi connectivity index (χ0n) is 17.9. The Bertz CT molecular complexity index is 1340. The molecule has 164 valence electrons. The Morgan fingerprint density at radius 1 is 0.818 bits per heavy atom. The summed E-state index contributed by atoms with van der Waals surface area (Å²) in [6.45, 7) is 3.37. The number of benzene rings is 1. The lowest BCUT2D eigenvalue weighted by atomic mass is 10.3. The molecule has 1 fully saturated rings. The normalized spacial score (nSPS) is 14.1. The monoisotopic (exact) mass is 454 g/mol. The molecule has 0 radical (unpaired) electrons. The standard InChI is InChI=1S/C24H22N8S/c1-2-6-18(7-3-1)27-22-21-23(32(17-26-21)19-9-15-33-16-19)29-24(28-22)31-13-11-30(12-14-31)20-8-4-5-10-25-20/h1-10,15-17H,11-14H2,(H,27,28,29). The van der Waals surface area contributed by atoms with Gasteiger partial charge in [-0.3, -0.25) is 4.57 Å². The summed E-state index contributed by atoms with van der Waals surface area (Å²) >= 11 is 1.65. The summed E-state index contributed by atoms with van der Waals surface area (Å²) in [5, 5.41) is 7.60. The maximum absolute atomic E-state index is 4.96. The number of nitrogens with zero attached hydrogens (tertiary/aromatic N) is 7. The lowest BCUT2D eigenvalue weighted by Crippen LogP contribution is -2.47. The van der Waals surface area contributed by atoms with E-state index in [4.69, 9.17) is 9.97 Å². The molecule has 0 spiro atoms. The van der Waals surface area contributed by atoms with Crippen molar-refractivity contribution in [1.29, 1.82) is 0 Å². The third kappa shape index (κ3) is 3.87. The van der Waals surface area contributed by atoms with E-state index in [9.17, 15) is 0 Å². The van der Waals surface area contributed by atoms with Crippen LogP contribution in [0.4, 0.5) is 23.3 Å². The van der Waals surface area contributed by atoms with Crippen molar-refractivity contribution in [3.8, 4) is 5.69 Å². The van der Waals surface area contributed by atoms with Crippen LogP contribution in [-0.2, 0) is 0 Å². The molecule has 1 saturated heterocycles. The molecule has 1 aliphatic heterocycles. The van der Waals surface area contributed by atoms with Crippen LogP contribution in [0.2, 0.25) is 0 Å². The molecular formula is C24H22N8S. The summed E-state index contributed by atoms with van der Waals surface area (Å²) in [7, 11) is 0. The minimum absolute atomic E-state index is 0.707. The van der Waals surface area contributed by atoms with Crippen LogP contribution in [0.25, 0.3) is 16.9 Å². The van der Waals surface area contributed by atoms with Gasteiger partial charge in [0.15, 0.2) is 17.0 Å². The summed E-state index contributed by atoms with van der Waals surface area (Å²) in [5.74, 6) is 2.43. The van der Waals surface area contributed by atoms with Crippen LogP contribution in [0.15, 0.2) is 77.9 Å². The maximum Gasteiger partial charge on any atom is 0.229 e. The van der Waals surface area contributed by atoms with E-state index in [1.807, 2.05) is 59.6 Å². The fourth-order valence-corrected chi connectivity index (χ4v) is 4.66. The number of nitrogens with one attached hydrogen (secondary N) is 1. The fraction of sp³-hybridized carbons (Fsp3) is 0.167. The van der Waals surface area contributed by atoms with Crippen molar-refractivity contribution >= 4 is 45.8 Å². The van der Waals surface area contributed by atoms with Crippen molar-refractivity contribution in [2.45, 2.75) is 0 Å². The number of anilines is 4. The summed E-state index contributed by atoms with van der Waals surface area (Å²) in [5.41, 5.74) is 3.57. The number of pyridine rings is 1. The third-order valence-corrected chi connectivity index (χ3v) is 6.41. The van der Waals surface area contributed by atoms with Crippen molar-refractivity contribution in [1.82, 2.24) is 24.5 Å². The zero-order chi connectivity index (χ0) is 22.0. The van der Waals surface area contributed by atoms with Crippen LogP contribution in [0.3, 0.4) is 0 Å². The molecule has 0 amide bonds. The Balaban J connectivity index is 1.36. The average Bonchev–Trinajstić information content (AvgIpc) is 3.55. The van der Waals surface area contributed by atoms with Gasteiger partial charge in [0, 0.05) is 43.4 Å². The smallest absolute Gasteiger partial charge is 0.229 e. The Morgan fingerprint density at radius 3 is 2.39 bits per heavy atom. The minimum atomic E-state index is 0.707. The quantitative estimate of drug-likeness (QED) is 0.423. The highest BCUT2D eigenvalue weighted by Crippen LogP contribution is 2.28. The van der Waals surface area contributed by atoms with Gasteiger partial charge in [0.05, 0.1) is 5.69 Å². The average molecular weight is 455 g/mol. The number of thiophene rings is 1. The predicted octanol–water partition coefficient (Wildman–Crippen LogP) is 4.34. The van der Waals surface area contributed by atoms with E-state index < -0.39 is 0 Å². The molecule has 0 unspecified atom stereocenters.